The highest BCUT2D eigenvalue weighted by Gasteiger charge is 2.43. The van der Waals surface area contributed by atoms with E-state index in [9.17, 15) is 9.59 Å². The van der Waals surface area contributed by atoms with E-state index in [4.69, 9.17) is 9.52 Å². The van der Waals surface area contributed by atoms with Crippen LogP contribution in [0.3, 0.4) is 0 Å². The van der Waals surface area contributed by atoms with Crippen LogP contribution in [-0.2, 0) is 17.9 Å². The number of piperidine rings is 2. The minimum absolute atomic E-state index is 0.0682. The van der Waals surface area contributed by atoms with Crippen molar-refractivity contribution in [1.82, 2.24) is 14.8 Å². The van der Waals surface area contributed by atoms with Crippen molar-refractivity contribution < 1.29 is 19.1 Å². The van der Waals surface area contributed by atoms with Crippen LogP contribution in [0.5, 0.6) is 0 Å². The van der Waals surface area contributed by atoms with Gasteiger partial charge in [0.05, 0.1) is 0 Å². The molecule has 2 fully saturated rings. The Balaban J connectivity index is 1.47. The first-order valence-corrected chi connectivity index (χ1v) is 9.74. The molecular weight excluding hydrogens is 358 g/mol. The van der Waals surface area contributed by atoms with Crippen LogP contribution in [0.4, 0.5) is 0 Å². The predicted molar refractivity (Wildman–Crippen MR) is 101 cm³/mol. The zero-order valence-corrected chi connectivity index (χ0v) is 15.8. The predicted octanol–water partition coefficient (Wildman–Crippen LogP) is 2.21. The Hall–Kier alpha value is -2.67. The maximum Gasteiger partial charge on any atom is 0.289 e. The summed E-state index contributed by atoms with van der Waals surface area (Å²) >= 11 is 0. The number of hydrogen-bond donors (Lipinski definition) is 1. The number of amides is 2. The SMILES string of the molecule is O=C1CC[C@]2(CCCN(C(=O)c3ccc(CO)o3)C2)CN1Cc1ccncc1. The molecule has 7 nitrogen and oxygen atoms in total. The van der Waals surface area contributed by atoms with Crippen LogP contribution in [0.25, 0.3) is 0 Å². The number of furan rings is 1. The molecule has 7 heteroatoms. The number of aliphatic hydroxyl groups excluding tert-OH is 1. The molecular formula is C21H25N3O4. The summed E-state index contributed by atoms with van der Waals surface area (Å²) in [6.45, 7) is 2.34. The molecule has 0 saturated carbocycles. The zero-order valence-electron chi connectivity index (χ0n) is 15.8. The molecule has 1 N–H and O–H groups in total. The highest BCUT2D eigenvalue weighted by molar-refractivity contribution is 5.91. The third-order valence-corrected chi connectivity index (χ3v) is 5.85. The molecule has 28 heavy (non-hydrogen) atoms. The van der Waals surface area contributed by atoms with Gasteiger partial charge in [-0.05, 0) is 49.1 Å². The highest BCUT2D eigenvalue weighted by Crippen LogP contribution is 2.39. The largest absolute Gasteiger partial charge is 0.453 e. The summed E-state index contributed by atoms with van der Waals surface area (Å²) in [6.07, 6.45) is 6.73. The van der Waals surface area contributed by atoms with Crippen molar-refractivity contribution in [2.75, 3.05) is 19.6 Å². The van der Waals surface area contributed by atoms with E-state index in [1.165, 1.54) is 0 Å². The average Bonchev–Trinajstić information content (AvgIpc) is 3.21. The summed E-state index contributed by atoms with van der Waals surface area (Å²) in [7, 11) is 0. The molecule has 2 aliphatic rings. The van der Waals surface area contributed by atoms with Crippen molar-refractivity contribution in [3.05, 3.63) is 53.7 Å². The number of rotatable bonds is 4. The maximum atomic E-state index is 12.9. The Kier molecular flexibility index (Phi) is 5.17. The van der Waals surface area contributed by atoms with Gasteiger partial charge in [0, 0.05) is 50.4 Å². The zero-order chi connectivity index (χ0) is 19.6. The van der Waals surface area contributed by atoms with E-state index in [-0.39, 0.29) is 29.6 Å². The first-order chi connectivity index (χ1) is 13.6. The van der Waals surface area contributed by atoms with Gasteiger partial charge in [0.1, 0.15) is 12.4 Å². The molecule has 0 bridgehead atoms. The molecule has 2 aromatic heterocycles. The number of nitrogens with zero attached hydrogens (tertiary/aromatic N) is 3. The van der Waals surface area contributed by atoms with Crippen molar-refractivity contribution in [1.29, 1.82) is 0 Å². The van der Waals surface area contributed by atoms with Gasteiger partial charge in [-0.2, -0.15) is 0 Å². The number of aliphatic hydroxyl groups is 1. The van der Waals surface area contributed by atoms with Gasteiger partial charge < -0.3 is 19.3 Å². The molecule has 2 aromatic rings. The first-order valence-electron chi connectivity index (χ1n) is 9.74. The summed E-state index contributed by atoms with van der Waals surface area (Å²) in [5.74, 6) is 0.685. The van der Waals surface area contributed by atoms with E-state index in [2.05, 4.69) is 4.98 Å². The van der Waals surface area contributed by atoms with Crippen LogP contribution < -0.4 is 0 Å². The van der Waals surface area contributed by atoms with Gasteiger partial charge >= 0.3 is 0 Å². The van der Waals surface area contributed by atoms with E-state index in [1.807, 2.05) is 21.9 Å². The second kappa shape index (κ2) is 7.75. The van der Waals surface area contributed by atoms with Crippen molar-refractivity contribution >= 4 is 11.8 Å². The lowest BCUT2D eigenvalue weighted by atomic mass is 9.73. The quantitative estimate of drug-likeness (QED) is 0.875. The lowest BCUT2D eigenvalue weighted by Gasteiger charge is -2.48. The molecule has 0 aromatic carbocycles. The number of likely N-dealkylation sites (tertiary alicyclic amines) is 2. The van der Waals surface area contributed by atoms with Crippen molar-refractivity contribution in [3.63, 3.8) is 0 Å². The molecule has 0 unspecified atom stereocenters. The van der Waals surface area contributed by atoms with Crippen LogP contribution in [-0.4, -0.2) is 51.3 Å². The Morgan fingerprint density at radius 2 is 2.00 bits per heavy atom. The van der Waals surface area contributed by atoms with E-state index < -0.39 is 0 Å². The average molecular weight is 383 g/mol. The van der Waals surface area contributed by atoms with Gasteiger partial charge in [0.15, 0.2) is 5.76 Å². The number of hydrogen-bond acceptors (Lipinski definition) is 5. The van der Waals surface area contributed by atoms with Crippen molar-refractivity contribution in [2.45, 2.75) is 38.8 Å². The van der Waals surface area contributed by atoms with Crippen molar-refractivity contribution in [2.24, 2.45) is 5.41 Å². The molecule has 0 aliphatic carbocycles. The van der Waals surface area contributed by atoms with Gasteiger partial charge in [0.2, 0.25) is 5.91 Å². The summed E-state index contributed by atoms with van der Waals surface area (Å²) in [4.78, 5) is 33.1. The van der Waals surface area contributed by atoms with Crippen LogP contribution in [0.15, 0.2) is 41.1 Å². The first kappa shape index (κ1) is 18.7. The number of carbonyl (C=O) groups is 2. The molecule has 2 amide bonds. The standard InChI is InChI=1S/C21H25N3O4/c25-13-17-2-3-18(28-17)20(27)23-11-1-7-21(14-23)8-4-19(26)24(15-21)12-16-5-9-22-10-6-16/h2-3,5-6,9-10,25H,1,4,7-8,11-15H2/t21-/m0/s1. The van der Waals surface area contributed by atoms with Gasteiger partial charge in [-0.3, -0.25) is 14.6 Å². The fourth-order valence-electron chi connectivity index (χ4n) is 4.40. The summed E-state index contributed by atoms with van der Waals surface area (Å²) in [5, 5.41) is 9.16. The Labute approximate surface area is 164 Å². The molecule has 0 radical (unpaired) electrons. The smallest absolute Gasteiger partial charge is 0.289 e. The van der Waals surface area contributed by atoms with E-state index in [0.717, 1.165) is 24.8 Å². The van der Waals surface area contributed by atoms with Gasteiger partial charge in [-0.1, -0.05) is 0 Å². The van der Waals surface area contributed by atoms with E-state index in [1.54, 1.807) is 24.5 Å². The Morgan fingerprint density at radius 1 is 1.18 bits per heavy atom. The summed E-state index contributed by atoms with van der Waals surface area (Å²) in [5.41, 5.74) is 0.998. The topological polar surface area (TPSA) is 86.9 Å². The van der Waals surface area contributed by atoms with E-state index in [0.29, 0.717) is 38.4 Å². The van der Waals surface area contributed by atoms with Crippen LogP contribution in [0, 0.1) is 5.41 Å². The normalized spacial score (nSPS) is 22.7. The number of pyridine rings is 1. The van der Waals surface area contributed by atoms with Gasteiger partial charge in [0.25, 0.3) is 5.91 Å². The van der Waals surface area contributed by atoms with E-state index >= 15 is 0 Å². The highest BCUT2D eigenvalue weighted by atomic mass is 16.4. The second-order valence-electron chi connectivity index (χ2n) is 7.86. The Morgan fingerprint density at radius 3 is 2.75 bits per heavy atom. The monoisotopic (exact) mass is 383 g/mol. The summed E-state index contributed by atoms with van der Waals surface area (Å²) < 4.78 is 5.43. The third kappa shape index (κ3) is 3.80. The molecule has 2 aliphatic heterocycles. The molecule has 1 spiro atoms. The summed E-state index contributed by atoms with van der Waals surface area (Å²) in [6, 6.07) is 7.11. The number of carbonyl (C=O) groups excluding carboxylic acids is 2. The maximum absolute atomic E-state index is 12.9. The molecule has 148 valence electrons. The third-order valence-electron chi connectivity index (χ3n) is 5.85. The van der Waals surface area contributed by atoms with Gasteiger partial charge in [-0.25, -0.2) is 0 Å². The van der Waals surface area contributed by atoms with Crippen LogP contribution in [0.2, 0.25) is 0 Å². The number of aromatic nitrogens is 1. The lowest BCUT2D eigenvalue weighted by molar-refractivity contribution is -0.139. The van der Waals surface area contributed by atoms with Crippen LogP contribution >= 0.6 is 0 Å². The molecule has 1 atom stereocenters. The second-order valence-corrected chi connectivity index (χ2v) is 7.86. The molecule has 4 heterocycles. The molecule has 4 rings (SSSR count). The Bertz CT molecular complexity index is 850. The van der Waals surface area contributed by atoms with Crippen molar-refractivity contribution in [3.8, 4) is 0 Å². The molecule has 2 saturated heterocycles. The lowest BCUT2D eigenvalue weighted by Crippen LogP contribution is -2.54. The fraction of sp³-hybridized carbons (Fsp3) is 0.476. The minimum atomic E-state index is -0.219. The fourth-order valence-corrected chi connectivity index (χ4v) is 4.40. The van der Waals surface area contributed by atoms with Gasteiger partial charge in [-0.15, -0.1) is 0 Å². The van der Waals surface area contributed by atoms with Crippen LogP contribution in [0.1, 0.15) is 47.6 Å². The minimum Gasteiger partial charge on any atom is -0.453 e.